The number of hydrogen-bond acceptors (Lipinski definition) is 4. The number of hydrogen-bond donors (Lipinski definition) is 3. The van der Waals surface area contributed by atoms with Crippen LogP contribution in [0.15, 0.2) is 30.6 Å². The maximum absolute atomic E-state index is 10.7. The van der Waals surface area contributed by atoms with Gasteiger partial charge in [0.05, 0.1) is 5.60 Å². The molecule has 0 spiro atoms. The molecule has 0 saturated heterocycles. The first-order chi connectivity index (χ1) is 10.2. The van der Waals surface area contributed by atoms with E-state index in [1.54, 1.807) is 12.4 Å². The molecule has 3 rings (SSSR count). The van der Waals surface area contributed by atoms with Crippen molar-refractivity contribution in [3.05, 3.63) is 30.6 Å². The first-order valence-corrected chi connectivity index (χ1v) is 7.76. The van der Waals surface area contributed by atoms with Crippen molar-refractivity contribution in [1.29, 1.82) is 0 Å². The molecule has 0 amide bonds. The molecule has 0 aliphatic heterocycles. The summed E-state index contributed by atoms with van der Waals surface area (Å²) in [5.41, 5.74) is 7.15. The lowest BCUT2D eigenvalue weighted by Crippen LogP contribution is -2.36. The van der Waals surface area contributed by atoms with E-state index in [0.717, 1.165) is 47.8 Å². The van der Waals surface area contributed by atoms with Gasteiger partial charge in [-0.2, -0.15) is 0 Å². The van der Waals surface area contributed by atoms with Crippen LogP contribution < -0.4 is 11.1 Å². The molecular formula is C17H23N3O. The van der Waals surface area contributed by atoms with Gasteiger partial charge in [-0.1, -0.05) is 25.7 Å². The van der Waals surface area contributed by atoms with E-state index < -0.39 is 5.60 Å². The Balaban J connectivity index is 1.80. The van der Waals surface area contributed by atoms with E-state index in [1.165, 1.54) is 12.8 Å². The molecule has 4 heteroatoms. The minimum absolute atomic E-state index is 0.586. The Morgan fingerprint density at radius 2 is 1.86 bits per heavy atom. The van der Waals surface area contributed by atoms with Crippen molar-refractivity contribution < 1.29 is 5.11 Å². The van der Waals surface area contributed by atoms with Gasteiger partial charge in [-0.25, -0.2) is 0 Å². The van der Waals surface area contributed by atoms with Crippen LogP contribution in [0, 0.1) is 0 Å². The third-order valence-electron chi connectivity index (χ3n) is 4.49. The number of aromatic nitrogens is 1. The first kappa shape index (κ1) is 14.1. The number of nitrogens with two attached hydrogens (primary N) is 1. The lowest BCUT2D eigenvalue weighted by Gasteiger charge is -2.27. The van der Waals surface area contributed by atoms with Crippen molar-refractivity contribution in [1.82, 2.24) is 4.98 Å². The summed E-state index contributed by atoms with van der Waals surface area (Å²) in [6.45, 7) is 0.592. The van der Waals surface area contributed by atoms with Crippen LogP contribution in [0.2, 0.25) is 0 Å². The molecule has 0 bridgehead atoms. The first-order valence-electron chi connectivity index (χ1n) is 7.76. The molecule has 1 aliphatic carbocycles. The molecule has 1 heterocycles. The Kier molecular flexibility index (Phi) is 3.97. The molecule has 4 nitrogen and oxygen atoms in total. The Bertz CT molecular complexity index is 618. The van der Waals surface area contributed by atoms with Crippen molar-refractivity contribution in [3.63, 3.8) is 0 Å². The molecule has 1 aliphatic rings. The van der Waals surface area contributed by atoms with Crippen LogP contribution in [0.5, 0.6) is 0 Å². The highest BCUT2D eigenvalue weighted by molar-refractivity contribution is 6.00. The van der Waals surface area contributed by atoms with Gasteiger partial charge < -0.3 is 16.2 Å². The molecule has 21 heavy (non-hydrogen) atoms. The largest absolute Gasteiger partial charge is 0.398 e. The number of pyridine rings is 1. The predicted molar refractivity (Wildman–Crippen MR) is 87.3 cm³/mol. The number of aliphatic hydroxyl groups is 1. The molecule has 0 unspecified atom stereocenters. The number of nitrogens with one attached hydrogen (secondary N) is 1. The zero-order valence-electron chi connectivity index (χ0n) is 12.3. The fourth-order valence-electron chi connectivity index (χ4n) is 3.19. The van der Waals surface area contributed by atoms with Gasteiger partial charge in [0, 0.05) is 41.1 Å². The maximum atomic E-state index is 10.7. The number of anilines is 2. The zero-order valence-corrected chi connectivity index (χ0v) is 12.3. The minimum Gasteiger partial charge on any atom is -0.398 e. The summed E-state index contributed by atoms with van der Waals surface area (Å²) in [5, 5.41) is 16.2. The Morgan fingerprint density at radius 1 is 1.10 bits per heavy atom. The van der Waals surface area contributed by atoms with Gasteiger partial charge in [0.25, 0.3) is 0 Å². The van der Waals surface area contributed by atoms with Gasteiger partial charge in [0.15, 0.2) is 0 Å². The molecule has 1 fully saturated rings. The normalized spacial score (nSPS) is 18.3. The van der Waals surface area contributed by atoms with Gasteiger partial charge in [0.2, 0.25) is 0 Å². The van der Waals surface area contributed by atoms with E-state index in [0.29, 0.717) is 6.54 Å². The van der Waals surface area contributed by atoms with Crippen molar-refractivity contribution in [3.8, 4) is 0 Å². The summed E-state index contributed by atoms with van der Waals surface area (Å²) in [6.07, 6.45) is 10.0. The van der Waals surface area contributed by atoms with Crippen molar-refractivity contribution in [2.45, 2.75) is 44.1 Å². The van der Waals surface area contributed by atoms with Crippen LogP contribution in [0.4, 0.5) is 11.4 Å². The van der Waals surface area contributed by atoms with Crippen LogP contribution in [-0.4, -0.2) is 22.2 Å². The smallest absolute Gasteiger partial charge is 0.0819 e. The van der Waals surface area contributed by atoms with Gasteiger partial charge >= 0.3 is 0 Å². The third kappa shape index (κ3) is 3.10. The summed E-state index contributed by atoms with van der Waals surface area (Å²) in [4.78, 5) is 4.13. The monoisotopic (exact) mass is 285 g/mol. The van der Waals surface area contributed by atoms with E-state index in [1.807, 2.05) is 18.2 Å². The molecule has 1 aromatic heterocycles. The number of nitrogens with zero attached hydrogens (tertiary/aromatic N) is 1. The molecule has 1 aromatic carbocycles. The topological polar surface area (TPSA) is 71.2 Å². The van der Waals surface area contributed by atoms with E-state index in [-0.39, 0.29) is 0 Å². The van der Waals surface area contributed by atoms with Crippen molar-refractivity contribution in [2.75, 3.05) is 17.6 Å². The number of benzene rings is 1. The molecular weight excluding hydrogens is 262 g/mol. The standard InChI is InChI=1S/C17H23N3O/c18-15-5-6-16(13-7-10-19-11-14(13)15)20-12-17(21)8-3-1-2-4-9-17/h5-7,10-11,20-21H,1-4,8-9,12,18H2. The summed E-state index contributed by atoms with van der Waals surface area (Å²) in [7, 11) is 0. The van der Waals surface area contributed by atoms with E-state index in [4.69, 9.17) is 5.73 Å². The van der Waals surface area contributed by atoms with Crippen molar-refractivity contribution in [2.24, 2.45) is 0 Å². The highest BCUT2D eigenvalue weighted by Gasteiger charge is 2.27. The molecule has 0 radical (unpaired) electrons. The number of rotatable bonds is 3. The average Bonchev–Trinajstić information content (AvgIpc) is 2.72. The SMILES string of the molecule is Nc1ccc(NCC2(O)CCCCCC2)c2ccncc12. The third-order valence-corrected chi connectivity index (χ3v) is 4.49. The van der Waals surface area contributed by atoms with Gasteiger partial charge in [-0.05, 0) is 31.0 Å². The highest BCUT2D eigenvalue weighted by atomic mass is 16.3. The number of fused-ring (bicyclic) bond motifs is 1. The van der Waals surface area contributed by atoms with Crippen LogP contribution in [-0.2, 0) is 0 Å². The molecule has 1 saturated carbocycles. The minimum atomic E-state index is -0.586. The van der Waals surface area contributed by atoms with Crippen LogP contribution in [0.3, 0.4) is 0 Å². The van der Waals surface area contributed by atoms with Crippen LogP contribution in [0.1, 0.15) is 38.5 Å². The molecule has 0 atom stereocenters. The second kappa shape index (κ2) is 5.90. The second-order valence-corrected chi connectivity index (χ2v) is 6.12. The second-order valence-electron chi connectivity index (χ2n) is 6.12. The number of nitrogen functional groups attached to an aromatic ring is 1. The average molecular weight is 285 g/mol. The molecule has 2 aromatic rings. The fraction of sp³-hybridized carbons (Fsp3) is 0.471. The van der Waals surface area contributed by atoms with Crippen LogP contribution >= 0.6 is 0 Å². The predicted octanol–water partition coefficient (Wildman–Crippen LogP) is 3.31. The van der Waals surface area contributed by atoms with Gasteiger partial charge in [0.1, 0.15) is 0 Å². The van der Waals surface area contributed by atoms with Gasteiger partial charge in [-0.15, -0.1) is 0 Å². The van der Waals surface area contributed by atoms with Gasteiger partial charge in [-0.3, -0.25) is 4.98 Å². The van der Waals surface area contributed by atoms with E-state index >= 15 is 0 Å². The molecule has 4 N–H and O–H groups in total. The quantitative estimate of drug-likeness (QED) is 0.597. The molecule has 112 valence electrons. The summed E-state index contributed by atoms with van der Waals surface area (Å²) >= 11 is 0. The van der Waals surface area contributed by atoms with Crippen LogP contribution in [0.25, 0.3) is 10.8 Å². The lowest BCUT2D eigenvalue weighted by atomic mass is 9.94. The zero-order chi connectivity index (χ0) is 14.7. The Hall–Kier alpha value is -1.81. The van der Waals surface area contributed by atoms with E-state index in [2.05, 4.69) is 10.3 Å². The summed E-state index contributed by atoms with van der Waals surface area (Å²) in [6, 6.07) is 5.84. The summed E-state index contributed by atoms with van der Waals surface area (Å²) < 4.78 is 0. The maximum Gasteiger partial charge on any atom is 0.0819 e. The van der Waals surface area contributed by atoms with E-state index in [9.17, 15) is 5.11 Å². The fourth-order valence-corrected chi connectivity index (χ4v) is 3.19. The summed E-state index contributed by atoms with van der Waals surface area (Å²) in [5.74, 6) is 0. The lowest BCUT2D eigenvalue weighted by molar-refractivity contribution is 0.0381. The van der Waals surface area contributed by atoms with Crippen molar-refractivity contribution >= 4 is 22.1 Å². The highest BCUT2D eigenvalue weighted by Crippen LogP contribution is 2.30. The Morgan fingerprint density at radius 3 is 2.62 bits per heavy atom. The Labute approximate surface area is 125 Å².